The van der Waals surface area contributed by atoms with E-state index in [-0.39, 0.29) is 5.56 Å². The lowest BCUT2D eigenvalue weighted by atomic mass is 10.0. The van der Waals surface area contributed by atoms with Crippen LogP contribution in [-0.4, -0.2) is 16.3 Å². The number of hydrogen-bond acceptors (Lipinski definition) is 2. The largest absolute Gasteiger partial charge is 0.478 e. The fraction of sp³-hybridized carbons (Fsp3) is 0.500. The van der Waals surface area contributed by atoms with Gasteiger partial charge in [-0.1, -0.05) is 61.6 Å². The van der Waals surface area contributed by atoms with E-state index < -0.39 is 9.76 Å². The molecule has 0 aliphatic carbocycles. The predicted octanol–water partition coefficient (Wildman–Crippen LogP) is 5.66. The molecule has 0 aliphatic heterocycles. The Morgan fingerprint density at radius 2 is 1.95 bits per heavy atom. The van der Waals surface area contributed by atoms with Crippen molar-refractivity contribution in [2.24, 2.45) is 0 Å². The summed E-state index contributed by atoms with van der Waals surface area (Å²) in [6.45, 7) is 6.05. The minimum absolute atomic E-state index is 0.274. The molecule has 0 saturated carbocycles. The molecule has 0 spiro atoms. The summed E-state index contributed by atoms with van der Waals surface area (Å²) in [7, 11) is 0. The van der Waals surface area contributed by atoms with E-state index in [4.69, 9.17) is 34.8 Å². The van der Waals surface area contributed by atoms with E-state index in [9.17, 15) is 9.90 Å². The highest BCUT2D eigenvalue weighted by Gasteiger charge is 2.30. The SMILES string of the molecule is CCc1c(C(=O)O)ccc(C(Cl)(Cl)Cl)c1S[C@H](C)CC. The van der Waals surface area contributed by atoms with Gasteiger partial charge in [0.05, 0.1) is 5.56 Å². The Bertz CT molecular complexity index is 498. The smallest absolute Gasteiger partial charge is 0.336 e. The maximum atomic E-state index is 11.3. The molecule has 2 nitrogen and oxygen atoms in total. The lowest BCUT2D eigenvalue weighted by Gasteiger charge is -2.22. The zero-order valence-corrected chi connectivity index (χ0v) is 14.6. The van der Waals surface area contributed by atoms with E-state index in [0.717, 1.165) is 16.9 Å². The lowest BCUT2D eigenvalue weighted by Crippen LogP contribution is -2.11. The van der Waals surface area contributed by atoms with Crippen molar-refractivity contribution in [1.82, 2.24) is 0 Å². The number of benzene rings is 1. The molecule has 6 heteroatoms. The summed E-state index contributed by atoms with van der Waals surface area (Å²) >= 11 is 19.6. The summed E-state index contributed by atoms with van der Waals surface area (Å²) in [5.74, 6) is -0.955. The second-order valence-electron chi connectivity index (χ2n) is 4.46. The zero-order valence-electron chi connectivity index (χ0n) is 11.5. The molecule has 1 aromatic carbocycles. The number of carboxylic acids is 1. The minimum Gasteiger partial charge on any atom is -0.478 e. The van der Waals surface area contributed by atoms with E-state index in [2.05, 4.69) is 13.8 Å². The molecule has 0 heterocycles. The maximum Gasteiger partial charge on any atom is 0.336 e. The molecule has 1 atom stereocenters. The van der Waals surface area contributed by atoms with Gasteiger partial charge in [0.25, 0.3) is 0 Å². The van der Waals surface area contributed by atoms with Crippen molar-refractivity contribution in [1.29, 1.82) is 0 Å². The quantitative estimate of drug-likeness (QED) is 0.546. The van der Waals surface area contributed by atoms with Crippen LogP contribution < -0.4 is 0 Å². The van der Waals surface area contributed by atoms with E-state index in [1.807, 2.05) is 6.92 Å². The minimum atomic E-state index is -1.56. The number of aromatic carboxylic acids is 1. The van der Waals surface area contributed by atoms with Crippen LogP contribution in [-0.2, 0) is 10.2 Å². The molecule has 0 unspecified atom stereocenters. The van der Waals surface area contributed by atoms with Crippen molar-refractivity contribution in [3.05, 3.63) is 28.8 Å². The van der Waals surface area contributed by atoms with Crippen LogP contribution in [0.1, 0.15) is 48.7 Å². The topological polar surface area (TPSA) is 37.3 Å². The summed E-state index contributed by atoms with van der Waals surface area (Å²) < 4.78 is -1.56. The molecule has 1 rings (SSSR count). The van der Waals surface area contributed by atoms with E-state index in [0.29, 0.717) is 17.2 Å². The van der Waals surface area contributed by atoms with E-state index in [1.54, 1.807) is 17.8 Å². The predicted molar refractivity (Wildman–Crippen MR) is 87.6 cm³/mol. The van der Waals surface area contributed by atoms with Crippen LogP contribution in [0.2, 0.25) is 0 Å². The van der Waals surface area contributed by atoms with Crippen LogP contribution in [0.5, 0.6) is 0 Å². The van der Waals surface area contributed by atoms with Crippen LogP contribution >= 0.6 is 46.6 Å². The third-order valence-electron chi connectivity index (χ3n) is 3.04. The molecule has 1 N–H and O–H groups in total. The molecular weight excluding hydrogens is 339 g/mol. The van der Waals surface area contributed by atoms with Crippen LogP contribution in [0.25, 0.3) is 0 Å². The number of alkyl halides is 3. The van der Waals surface area contributed by atoms with Crippen LogP contribution in [0, 0.1) is 0 Å². The summed E-state index contributed by atoms with van der Waals surface area (Å²) in [4.78, 5) is 12.1. The molecule has 0 aromatic heterocycles. The molecule has 0 fully saturated rings. The van der Waals surface area contributed by atoms with Crippen molar-refractivity contribution in [3.8, 4) is 0 Å². The Labute approximate surface area is 138 Å². The number of halogens is 3. The average Bonchev–Trinajstić information content (AvgIpc) is 2.36. The Balaban J connectivity index is 3.51. The third kappa shape index (κ3) is 4.20. The average molecular weight is 356 g/mol. The van der Waals surface area contributed by atoms with Gasteiger partial charge in [-0.25, -0.2) is 4.79 Å². The first kappa shape index (κ1) is 18.0. The van der Waals surface area contributed by atoms with Gasteiger partial charge in [0.2, 0.25) is 3.79 Å². The summed E-state index contributed by atoms with van der Waals surface area (Å²) in [6, 6.07) is 3.11. The number of thioether (sulfide) groups is 1. The second-order valence-corrected chi connectivity index (χ2v) is 8.19. The summed E-state index contributed by atoms with van der Waals surface area (Å²) in [5, 5.41) is 9.61. The third-order valence-corrected chi connectivity index (χ3v) is 5.09. The van der Waals surface area contributed by atoms with Gasteiger partial charge in [-0.3, -0.25) is 0 Å². The molecule has 20 heavy (non-hydrogen) atoms. The van der Waals surface area contributed by atoms with Gasteiger partial charge in [-0.15, -0.1) is 11.8 Å². The van der Waals surface area contributed by atoms with Crippen molar-refractivity contribution < 1.29 is 9.90 Å². The van der Waals surface area contributed by atoms with Crippen molar-refractivity contribution in [2.45, 2.75) is 47.6 Å². The molecule has 0 bridgehead atoms. The van der Waals surface area contributed by atoms with Crippen molar-refractivity contribution >= 4 is 52.5 Å². The van der Waals surface area contributed by atoms with Gasteiger partial charge in [-0.05, 0) is 24.5 Å². The highest BCUT2D eigenvalue weighted by atomic mass is 35.6. The first-order valence-corrected chi connectivity index (χ1v) is 8.36. The number of hydrogen-bond donors (Lipinski definition) is 1. The van der Waals surface area contributed by atoms with Gasteiger partial charge in [0, 0.05) is 15.7 Å². The van der Waals surface area contributed by atoms with Crippen molar-refractivity contribution in [2.75, 3.05) is 0 Å². The first-order chi connectivity index (χ1) is 9.22. The van der Waals surface area contributed by atoms with Gasteiger partial charge >= 0.3 is 5.97 Å². The number of carboxylic acid groups (broad SMARTS) is 1. The van der Waals surface area contributed by atoms with Gasteiger partial charge in [0.1, 0.15) is 0 Å². The molecule has 0 radical (unpaired) electrons. The Morgan fingerprint density at radius 3 is 2.35 bits per heavy atom. The molecule has 112 valence electrons. The fourth-order valence-corrected chi connectivity index (χ4v) is 3.78. The van der Waals surface area contributed by atoms with Gasteiger partial charge < -0.3 is 5.11 Å². The maximum absolute atomic E-state index is 11.3. The lowest BCUT2D eigenvalue weighted by molar-refractivity contribution is 0.0695. The van der Waals surface area contributed by atoms with Crippen LogP contribution in [0.3, 0.4) is 0 Å². The molecule has 0 amide bonds. The molecule has 0 aliphatic rings. The first-order valence-electron chi connectivity index (χ1n) is 6.35. The molecular formula is C14H17Cl3O2S. The number of carbonyl (C=O) groups is 1. The van der Waals surface area contributed by atoms with Gasteiger partial charge in [-0.2, -0.15) is 0 Å². The Hall–Kier alpha value is -0.0900. The summed E-state index contributed by atoms with van der Waals surface area (Å²) in [5.41, 5.74) is 1.55. The Morgan fingerprint density at radius 1 is 1.35 bits per heavy atom. The summed E-state index contributed by atoms with van der Waals surface area (Å²) in [6.07, 6.45) is 1.53. The number of rotatable bonds is 5. The molecule has 1 aromatic rings. The molecule has 0 saturated heterocycles. The Kier molecular flexibility index (Phi) is 6.52. The van der Waals surface area contributed by atoms with Crippen molar-refractivity contribution in [3.63, 3.8) is 0 Å². The monoisotopic (exact) mass is 354 g/mol. The van der Waals surface area contributed by atoms with E-state index in [1.165, 1.54) is 6.07 Å². The standard InChI is InChI=1S/C14H17Cl3O2S/c1-4-8(3)20-12-9(5-2)10(13(18)19)6-7-11(12)14(15,16)17/h6-8H,4-5H2,1-3H3,(H,18,19)/t8-/m1/s1. The van der Waals surface area contributed by atoms with Crippen LogP contribution in [0.15, 0.2) is 17.0 Å². The van der Waals surface area contributed by atoms with E-state index >= 15 is 0 Å². The highest BCUT2D eigenvalue weighted by Crippen LogP contribution is 2.46. The van der Waals surface area contributed by atoms with Crippen LogP contribution in [0.4, 0.5) is 0 Å². The zero-order chi connectivity index (χ0) is 15.5. The highest BCUT2D eigenvalue weighted by molar-refractivity contribution is 8.00. The normalized spacial score (nSPS) is 13.3. The second kappa shape index (κ2) is 7.26. The van der Waals surface area contributed by atoms with Gasteiger partial charge in [0.15, 0.2) is 0 Å². The fourth-order valence-electron chi connectivity index (χ4n) is 1.82.